The fourth-order valence-corrected chi connectivity index (χ4v) is 3.06. The van der Waals surface area contributed by atoms with Crippen molar-refractivity contribution in [3.8, 4) is 0 Å². The number of likely N-dealkylation sites (tertiary alicyclic amines) is 1. The van der Waals surface area contributed by atoms with Crippen molar-refractivity contribution >= 4 is 5.91 Å². The van der Waals surface area contributed by atoms with Crippen LogP contribution in [-0.4, -0.2) is 48.2 Å². The molecule has 0 aromatic heterocycles. The Kier molecular flexibility index (Phi) is 4.40. The summed E-state index contributed by atoms with van der Waals surface area (Å²) in [6, 6.07) is 0.0547. The van der Waals surface area contributed by atoms with Gasteiger partial charge in [-0.3, -0.25) is 4.79 Å². The first-order valence-corrected chi connectivity index (χ1v) is 6.83. The Morgan fingerprint density at radius 1 is 1.47 bits per heavy atom. The van der Waals surface area contributed by atoms with E-state index in [0.717, 1.165) is 32.5 Å². The normalized spacial score (nSPS) is 34.0. The quantitative estimate of drug-likeness (QED) is 0.760. The van der Waals surface area contributed by atoms with E-state index < -0.39 is 0 Å². The third-order valence-corrected chi connectivity index (χ3v) is 4.25. The van der Waals surface area contributed by atoms with E-state index in [1.807, 2.05) is 4.90 Å². The van der Waals surface area contributed by atoms with Gasteiger partial charge in [-0.2, -0.15) is 0 Å². The number of nitrogens with one attached hydrogen (secondary N) is 1. The van der Waals surface area contributed by atoms with Crippen LogP contribution < -0.4 is 5.32 Å². The number of nitrogens with zero attached hydrogens (tertiary/aromatic N) is 1. The number of carbonyl (C=O) groups excluding carboxylic acids is 1. The van der Waals surface area contributed by atoms with E-state index in [4.69, 9.17) is 0 Å². The highest BCUT2D eigenvalue weighted by Gasteiger charge is 2.34. The summed E-state index contributed by atoms with van der Waals surface area (Å²) in [5, 5.41) is 12.7. The smallest absolute Gasteiger partial charge is 0.223 e. The minimum atomic E-state index is 0.0547. The summed E-state index contributed by atoms with van der Waals surface area (Å²) in [5.41, 5.74) is 0. The first-order chi connectivity index (χ1) is 8.22. The molecule has 2 saturated heterocycles. The molecule has 0 radical (unpaired) electrons. The zero-order chi connectivity index (χ0) is 12.3. The molecule has 0 aromatic carbocycles. The van der Waals surface area contributed by atoms with Crippen LogP contribution in [0.4, 0.5) is 0 Å². The van der Waals surface area contributed by atoms with Crippen molar-refractivity contribution in [1.82, 2.24) is 10.2 Å². The summed E-state index contributed by atoms with van der Waals surface area (Å²) < 4.78 is 0. The maximum Gasteiger partial charge on any atom is 0.223 e. The van der Waals surface area contributed by atoms with E-state index >= 15 is 0 Å². The number of hydrogen-bond acceptors (Lipinski definition) is 3. The summed E-state index contributed by atoms with van der Waals surface area (Å²) in [5.74, 6) is 1.17. The van der Waals surface area contributed by atoms with Crippen LogP contribution in [0, 0.1) is 11.8 Å². The molecule has 2 N–H and O–H groups in total. The Bertz CT molecular complexity index is 264. The molecule has 2 fully saturated rings. The molecule has 4 heteroatoms. The molecule has 0 bridgehead atoms. The summed E-state index contributed by atoms with van der Waals surface area (Å²) in [7, 11) is 0. The highest BCUT2D eigenvalue weighted by atomic mass is 16.3. The molecule has 3 unspecified atom stereocenters. The lowest BCUT2D eigenvalue weighted by Crippen LogP contribution is -2.42. The monoisotopic (exact) mass is 240 g/mol. The molecule has 98 valence electrons. The third kappa shape index (κ3) is 2.99. The van der Waals surface area contributed by atoms with Crippen molar-refractivity contribution in [3.63, 3.8) is 0 Å². The van der Waals surface area contributed by atoms with Crippen LogP contribution in [0.1, 0.15) is 32.6 Å². The predicted molar refractivity (Wildman–Crippen MR) is 66.6 cm³/mol. The number of rotatable bonds is 3. The lowest BCUT2D eigenvalue weighted by atomic mass is 9.95. The fraction of sp³-hybridized carbons (Fsp3) is 0.923. The Morgan fingerprint density at radius 3 is 2.94 bits per heavy atom. The predicted octanol–water partition coefficient (Wildman–Crippen LogP) is 0.605. The van der Waals surface area contributed by atoms with Gasteiger partial charge in [0.05, 0.1) is 12.6 Å². The second-order valence-electron chi connectivity index (χ2n) is 5.52. The summed E-state index contributed by atoms with van der Waals surface area (Å²) in [6.07, 6.45) is 4.01. The molecular weight excluding hydrogens is 216 g/mol. The Balaban J connectivity index is 1.86. The SMILES string of the molecule is CC1CCN(C(=O)CC2CCCNC2)C1CO. The van der Waals surface area contributed by atoms with Gasteiger partial charge in [0.1, 0.15) is 0 Å². The second-order valence-corrected chi connectivity index (χ2v) is 5.52. The van der Waals surface area contributed by atoms with Crippen LogP contribution in [0.5, 0.6) is 0 Å². The lowest BCUT2D eigenvalue weighted by Gasteiger charge is -2.28. The van der Waals surface area contributed by atoms with E-state index in [9.17, 15) is 9.90 Å². The molecule has 3 atom stereocenters. The molecule has 0 spiro atoms. The Morgan fingerprint density at radius 2 is 2.29 bits per heavy atom. The van der Waals surface area contributed by atoms with Crippen LogP contribution >= 0.6 is 0 Å². The molecule has 17 heavy (non-hydrogen) atoms. The van der Waals surface area contributed by atoms with E-state index in [-0.39, 0.29) is 18.6 Å². The number of aliphatic hydroxyl groups is 1. The lowest BCUT2D eigenvalue weighted by molar-refractivity contribution is -0.134. The molecule has 1 amide bonds. The maximum atomic E-state index is 12.2. The van der Waals surface area contributed by atoms with E-state index in [2.05, 4.69) is 12.2 Å². The van der Waals surface area contributed by atoms with Crippen LogP contribution in [0.15, 0.2) is 0 Å². The van der Waals surface area contributed by atoms with Crippen molar-refractivity contribution in [2.24, 2.45) is 11.8 Å². The third-order valence-electron chi connectivity index (χ3n) is 4.25. The van der Waals surface area contributed by atoms with Crippen LogP contribution in [-0.2, 0) is 4.79 Å². The number of carbonyl (C=O) groups is 1. The van der Waals surface area contributed by atoms with Gasteiger partial charge in [0.15, 0.2) is 0 Å². The number of piperidine rings is 1. The number of hydrogen-bond donors (Lipinski definition) is 2. The summed E-state index contributed by atoms with van der Waals surface area (Å²) in [4.78, 5) is 14.1. The first kappa shape index (κ1) is 12.8. The summed E-state index contributed by atoms with van der Waals surface area (Å²) in [6.45, 7) is 5.11. The summed E-state index contributed by atoms with van der Waals surface area (Å²) >= 11 is 0. The van der Waals surface area contributed by atoms with Gasteiger partial charge >= 0.3 is 0 Å². The number of amides is 1. The molecular formula is C13H24N2O2. The van der Waals surface area contributed by atoms with E-state index in [1.54, 1.807) is 0 Å². The van der Waals surface area contributed by atoms with E-state index in [0.29, 0.717) is 18.3 Å². The van der Waals surface area contributed by atoms with Gasteiger partial charge < -0.3 is 15.3 Å². The molecule has 2 aliphatic rings. The van der Waals surface area contributed by atoms with Gasteiger partial charge in [0.2, 0.25) is 5.91 Å². The van der Waals surface area contributed by atoms with Crippen molar-refractivity contribution in [2.75, 3.05) is 26.2 Å². The molecule has 2 heterocycles. The van der Waals surface area contributed by atoms with Crippen molar-refractivity contribution < 1.29 is 9.90 Å². The zero-order valence-electron chi connectivity index (χ0n) is 10.7. The fourth-order valence-electron chi connectivity index (χ4n) is 3.06. The van der Waals surface area contributed by atoms with Gasteiger partial charge in [-0.15, -0.1) is 0 Å². The van der Waals surface area contributed by atoms with Crippen LogP contribution in [0.3, 0.4) is 0 Å². The number of aliphatic hydroxyl groups excluding tert-OH is 1. The highest BCUT2D eigenvalue weighted by molar-refractivity contribution is 5.77. The Labute approximate surface area is 103 Å². The van der Waals surface area contributed by atoms with Crippen molar-refractivity contribution in [2.45, 2.75) is 38.6 Å². The first-order valence-electron chi connectivity index (χ1n) is 6.83. The molecule has 4 nitrogen and oxygen atoms in total. The van der Waals surface area contributed by atoms with Gasteiger partial charge in [0, 0.05) is 13.0 Å². The molecule has 0 aromatic rings. The average Bonchev–Trinajstić information content (AvgIpc) is 2.71. The molecule has 2 rings (SSSR count). The van der Waals surface area contributed by atoms with Crippen molar-refractivity contribution in [3.05, 3.63) is 0 Å². The van der Waals surface area contributed by atoms with Gasteiger partial charge in [-0.1, -0.05) is 6.92 Å². The van der Waals surface area contributed by atoms with Crippen molar-refractivity contribution in [1.29, 1.82) is 0 Å². The van der Waals surface area contributed by atoms with E-state index in [1.165, 1.54) is 6.42 Å². The molecule has 2 aliphatic heterocycles. The standard InChI is InChI=1S/C13H24N2O2/c1-10-4-6-15(12(10)9-16)13(17)7-11-3-2-5-14-8-11/h10-12,14,16H,2-9H2,1H3. The minimum absolute atomic E-state index is 0.0547. The largest absolute Gasteiger partial charge is 0.394 e. The molecule has 0 aliphatic carbocycles. The van der Waals surface area contributed by atoms with Gasteiger partial charge in [0.25, 0.3) is 0 Å². The average molecular weight is 240 g/mol. The van der Waals surface area contributed by atoms with Gasteiger partial charge in [-0.05, 0) is 44.2 Å². The van der Waals surface area contributed by atoms with Gasteiger partial charge in [-0.25, -0.2) is 0 Å². The zero-order valence-corrected chi connectivity index (χ0v) is 10.7. The molecule has 0 saturated carbocycles. The second kappa shape index (κ2) is 5.83. The Hall–Kier alpha value is -0.610. The topological polar surface area (TPSA) is 52.6 Å². The maximum absolute atomic E-state index is 12.2. The van der Waals surface area contributed by atoms with Crippen LogP contribution in [0.25, 0.3) is 0 Å². The highest BCUT2D eigenvalue weighted by Crippen LogP contribution is 2.26. The van der Waals surface area contributed by atoms with Crippen LogP contribution in [0.2, 0.25) is 0 Å². The minimum Gasteiger partial charge on any atom is -0.394 e.